The second kappa shape index (κ2) is 6.62. The normalized spacial score (nSPS) is 10.0. The standard InChI is InChI=1S/C16H13NO5/c1-11-5-7-12(8-6-11)16(19)22-10-15(18)13-3-2-4-14(9-13)17(20)21/h2-9H,10H2,1H3. The smallest absolute Gasteiger partial charge is 0.338 e. The number of esters is 1. The summed E-state index contributed by atoms with van der Waals surface area (Å²) in [6, 6.07) is 12.0. The Morgan fingerprint density at radius 1 is 1.09 bits per heavy atom. The van der Waals surface area contributed by atoms with E-state index in [0.29, 0.717) is 5.56 Å². The van der Waals surface area contributed by atoms with Crippen LogP contribution in [0.2, 0.25) is 0 Å². The number of nitrogens with zero attached hydrogens (tertiary/aromatic N) is 1. The first-order chi connectivity index (χ1) is 10.5. The van der Waals surface area contributed by atoms with Crippen molar-refractivity contribution in [2.45, 2.75) is 6.92 Å². The third-order valence-corrected chi connectivity index (χ3v) is 3.00. The number of aryl methyl sites for hydroxylation is 1. The van der Waals surface area contributed by atoms with Crippen LogP contribution in [0.3, 0.4) is 0 Å². The summed E-state index contributed by atoms with van der Waals surface area (Å²) >= 11 is 0. The van der Waals surface area contributed by atoms with Crippen molar-refractivity contribution in [1.82, 2.24) is 0 Å². The summed E-state index contributed by atoms with van der Waals surface area (Å²) in [5.41, 5.74) is 1.29. The molecule has 0 aliphatic heterocycles. The summed E-state index contributed by atoms with van der Waals surface area (Å²) in [6.45, 7) is 1.43. The van der Waals surface area contributed by atoms with Gasteiger partial charge in [0.2, 0.25) is 5.78 Å². The first kappa shape index (κ1) is 15.4. The van der Waals surface area contributed by atoms with Gasteiger partial charge in [-0.3, -0.25) is 14.9 Å². The van der Waals surface area contributed by atoms with Crippen molar-refractivity contribution in [1.29, 1.82) is 0 Å². The van der Waals surface area contributed by atoms with Gasteiger partial charge in [-0.05, 0) is 19.1 Å². The molecule has 6 nitrogen and oxygen atoms in total. The number of non-ortho nitro benzene ring substituents is 1. The number of ether oxygens (including phenoxy) is 1. The minimum absolute atomic E-state index is 0.130. The maximum atomic E-state index is 11.9. The molecule has 0 amide bonds. The Morgan fingerprint density at radius 3 is 2.41 bits per heavy atom. The van der Waals surface area contributed by atoms with Gasteiger partial charge in [0, 0.05) is 17.7 Å². The van der Waals surface area contributed by atoms with Crippen LogP contribution >= 0.6 is 0 Å². The lowest BCUT2D eigenvalue weighted by Gasteiger charge is -2.05. The number of nitro groups is 1. The fraction of sp³-hybridized carbons (Fsp3) is 0.125. The molecule has 2 rings (SSSR count). The molecule has 0 spiro atoms. The number of carbonyl (C=O) groups is 2. The Hall–Kier alpha value is -3.02. The van der Waals surface area contributed by atoms with E-state index in [1.807, 2.05) is 6.92 Å². The fourth-order valence-corrected chi connectivity index (χ4v) is 1.78. The molecule has 0 N–H and O–H groups in total. The molecule has 112 valence electrons. The second-order valence-electron chi connectivity index (χ2n) is 4.67. The van der Waals surface area contributed by atoms with Gasteiger partial charge in [-0.1, -0.05) is 29.8 Å². The van der Waals surface area contributed by atoms with Crippen molar-refractivity contribution < 1.29 is 19.2 Å². The van der Waals surface area contributed by atoms with Gasteiger partial charge in [0.1, 0.15) is 0 Å². The Balaban J connectivity index is 2.00. The molecule has 0 bridgehead atoms. The maximum Gasteiger partial charge on any atom is 0.338 e. The van der Waals surface area contributed by atoms with Crippen LogP contribution in [-0.2, 0) is 4.74 Å². The summed E-state index contributed by atoms with van der Waals surface area (Å²) in [7, 11) is 0. The number of rotatable bonds is 5. The molecule has 0 heterocycles. The fourth-order valence-electron chi connectivity index (χ4n) is 1.78. The predicted molar refractivity (Wildman–Crippen MR) is 78.9 cm³/mol. The van der Waals surface area contributed by atoms with E-state index in [2.05, 4.69) is 0 Å². The Morgan fingerprint density at radius 2 is 1.77 bits per heavy atom. The number of hydrogen-bond acceptors (Lipinski definition) is 5. The number of carbonyl (C=O) groups excluding carboxylic acids is 2. The maximum absolute atomic E-state index is 11.9. The SMILES string of the molecule is Cc1ccc(C(=O)OCC(=O)c2cccc([N+](=O)[O-])c2)cc1. The van der Waals surface area contributed by atoms with E-state index in [-0.39, 0.29) is 11.3 Å². The van der Waals surface area contributed by atoms with Crippen LogP contribution in [0, 0.1) is 17.0 Å². The third-order valence-electron chi connectivity index (χ3n) is 3.00. The van der Waals surface area contributed by atoms with Crippen molar-refractivity contribution in [3.8, 4) is 0 Å². The Labute approximate surface area is 126 Å². The molecule has 22 heavy (non-hydrogen) atoms. The highest BCUT2D eigenvalue weighted by Crippen LogP contribution is 2.14. The summed E-state index contributed by atoms with van der Waals surface area (Å²) in [6.07, 6.45) is 0. The molecular weight excluding hydrogens is 286 g/mol. The quantitative estimate of drug-likeness (QED) is 0.366. The van der Waals surface area contributed by atoms with Crippen LogP contribution < -0.4 is 0 Å². The average Bonchev–Trinajstić information content (AvgIpc) is 2.53. The Kier molecular flexibility index (Phi) is 4.63. The zero-order valence-electron chi connectivity index (χ0n) is 11.8. The largest absolute Gasteiger partial charge is 0.454 e. The highest BCUT2D eigenvalue weighted by Gasteiger charge is 2.14. The molecule has 0 unspecified atom stereocenters. The van der Waals surface area contributed by atoms with Crippen molar-refractivity contribution in [2.75, 3.05) is 6.61 Å². The van der Waals surface area contributed by atoms with E-state index < -0.39 is 23.3 Å². The van der Waals surface area contributed by atoms with E-state index >= 15 is 0 Å². The zero-order valence-corrected chi connectivity index (χ0v) is 11.8. The molecule has 0 aliphatic carbocycles. The molecule has 0 aromatic heterocycles. The second-order valence-corrected chi connectivity index (χ2v) is 4.67. The lowest BCUT2D eigenvalue weighted by Crippen LogP contribution is -2.14. The molecule has 0 aliphatic rings. The van der Waals surface area contributed by atoms with Crippen molar-refractivity contribution in [3.05, 3.63) is 75.3 Å². The van der Waals surface area contributed by atoms with Gasteiger partial charge < -0.3 is 4.74 Å². The first-order valence-corrected chi connectivity index (χ1v) is 6.49. The average molecular weight is 299 g/mol. The van der Waals surface area contributed by atoms with Gasteiger partial charge in [0.05, 0.1) is 10.5 Å². The van der Waals surface area contributed by atoms with Gasteiger partial charge in [-0.15, -0.1) is 0 Å². The molecule has 0 atom stereocenters. The van der Waals surface area contributed by atoms with Crippen LogP contribution in [-0.4, -0.2) is 23.3 Å². The van der Waals surface area contributed by atoms with E-state index in [1.54, 1.807) is 24.3 Å². The molecule has 6 heteroatoms. The van der Waals surface area contributed by atoms with Crippen molar-refractivity contribution in [3.63, 3.8) is 0 Å². The predicted octanol–water partition coefficient (Wildman–Crippen LogP) is 2.94. The van der Waals surface area contributed by atoms with Gasteiger partial charge in [0.15, 0.2) is 6.61 Å². The number of ketones is 1. The van der Waals surface area contributed by atoms with Gasteiger partial charge in [-0.25, -0.2) is 4.79 Å². The molecule has 2 aromatic carbocycles. The molecule has 2 aromatic rings. The summed E-state index contributed by atoms with van der Waals surface area (Å²) in [5.74, 6) is -1.11. The van der Waals surface area contributed by atoms with E-state index in [9.17, 15) is 19.7 Å². The third kappa shape index (κ3) is 3.76. The molecule has 0 saturated carbocycles. The molecule has 0 radical (unpaired) electrons. The number of nitro benzene ring substituents is 1. The van der Waals surface area contributed by atoms with Crippen LogP contribution in [0.1, 0.15) is 26.3 Å². The lowest BCUT2D eigenvalue weighted by atomic mass is 10.1. The van der Waals surface area contributed by atoms with E-state index in [0.717, 1.165) is 11.6 Å². The highest BCUT2D eigenvalue weighted by molar-refractivity contribution is 5.99. The highest BCUT2D eigenvalue weighted by atomic mass is 16.6. The Bertz CT molecular complexity index is 722. The van der Waals surface area contributed by atoms with Gasteiger partial charge >= 0.3 is 5.97 Å². The molecule has 0 fully saturated rings. The van der Waals surface area contributed by atoms with E-state index in [1.165, 1.54) is 18.2 Å². The minimum atomic E-state index is -0.612. The summed E-state index contributed by atoms with van der Waals surface area (Å²) < 4.78 is 4.93. The zero-order chi connectivity index (χ0) is 16.1. The number of hydrogen-bond donors (Lipinski definition) is 0. The minimum Gasteiger partial charge on any atom is -0.454 e. The summed E-state index contributed by atoms with van der Waals surface area (Å²) in [4.78, 5) is 33.8. The van der Waals surface area contributed by atoms with Gasteiger partial charge in [0.25, 0.3) is 5.69 Å². The van der Waals surface area contributed by atoms with Gasteiger partial charge in [-0.2, -0.15) is 0 Å². The van der Waals surface area contributed by atoms with Crippen LogP contribution in [0.4, 0.5) is 5.69 Å². The van der Waals surface area contributed by atoms with Crippen LogP contribution in [0.25, 0.3) is 0 Å². The van der Waals surface area contributed by atoms with Crippen molar-refractivity contribution >= 4 is 17.4 Å². The van der Waals surface area contributed by atoms with Crippen LogP contribution in [0.5, 0.6) is 0 Å². The lowest BCUT2D eigenvalue weighted by molar-refractivity contribution is -0.384. The summed E-state index contributed by atoms with van der Waals surface area (Å²) in [5, 5.41) is 10.7. The number of benzene rings is 2. The molecule has 0 saturated heterocycles. The number of Topliss-reactive ketones (excluding diaryl/α,β-unsaturated/α-hetero) is 1. The molecular formula is C16H13NO5. The van der Waals surface area contributed by atoms with Crippen LogP contribution in [0.15, 0.2) is 48.5 Å². The monoisotopic (exact) mass is 299 g/mol. The van der Waals surface area contributed by atoms with Crippen molar-refractivity contribution in [2.24, 2.45) is 0 Å². The first-order valence-electron chi connectivity index (χ1n) is 6.49. The topological polar surface area (TPSA) is 86.5 Å². The van der Waals surface area contributed by atoms with E-state index in [4.69, 9.17) is 4.74 Å².